The van der Waals surface area contributed by atoms with Gasteiger partial charge >= 0.3 is 5.97 Å². The Hall–Kier alpha value is -1.58. The first-order valence-corrected chi connectivity index (χ1v) is 7.55. The molecule has 0 atom stereocenters. The van der Waals surface area contributed by atoms with E-state index < -0.39 is 5.97 Å². The van der Waals surface area contributed by atoms with Gasteiger partial charge in [0.2, 0.25) is 5.88 Å². The van der Waals surface area contributed by atoms with Gasteiger partial charge in [-0.15, -0.1) is 0 Å². The SMILES string of the molecule is O=C(O)c1cccnc1OC1C2CC3CC(C2)CC1C3. The van der Waals surface area contributed by atoms with E-state index in [-0.39, 0.29) is 11.7 Å². The molecule has 4 bridgehead atoms. The summed E-state index contributed by atoms with van der Waals surface area (Å²) >= 11 is 0. The van der Waals surface area contributed by atoms with Crippen molar-refractivity contribution in [3.63, 3.8) is 0 Å². The molecular weight excluding hydrogens is 254 g/mol. The van der Waals surface area contributed by atoms with E-state index in [1.807, 2.05) is 0 Å². The van der Waals surface area contributed by atoms with Crippen LogP contribution in [0.2, 0.25) is 0 Å². The van der Waals surface area contributed by atoms with Crippen molar-refractivity contribution in [3.05, 3.63) is 23.9 Å². The maximum Gasteiger partial charge on any atom is 0.341 e. The zero-order valence-corrected chi connectivity index (χ0v) is 11.4. The Morgan fingerprint density at radius 3 is 2.40 bits per heavy atom. The molecule has 4 aliphatic carbocycles. The first-order chi connectivity index (χ1) is 9.70. The van der Waals surface area contributed by atoms with Crippen LogP contribution in [0.15, 0.2) is 18.3 Å². The number of carboxylic acids is 1. The third-order valence-corrected chi connectivity index (χ3v) is 5.39. The van der Waals surface area contributed by atoms with Crippen molar-refractivity contribution in [3.8, 4) is 5.88 Å². The molecule has 0 unspecified atom stereocenters. The van der Waals surface area contributed by atoms with Crippen molar-refractivity contribution in [2.24, 2.45) is 23.7 Å². The summed E-state index contributed by atoms with van der Waals surface area (Å²) in [5.41, 5.74) is 0.182. The van der Waals surface area contributed by atoms with E-state index in [0.29, 0.717) is 17.7 Å². The van der Waals surface area contributed by atoms with E-state index in [9.17, 15) is 9.90 Å². The molecule has 4 aliphatic rings. The minimum Gasteiger partial charge on any atom is -0.477 e. The molecule has 0 saturated heterocycles. The number of ether oxygens (including phenoxy) is 1. The van der Waals surface area contributed by atoms with Crippen molar-refractivity contribution >= 4 is 5.97 Å². The molecule has 0 aromatic carbocycles. The summed E-state index contributed by atoms with van der Waals surface area (Å²) in [6.45, 7) is 0. The number of carboxylic acid groups (broad SMARTS) is 1. The topological polar surface area (TPSA) is 59.4 Å². The van der Waals surface area contributed by atoms with E-state index in [0.717, 1.165) is 11.8 Å². The summed E-state index contributed by atoms with van der Waals surface area (Å²) < 4.78 is 6.09. The lowest BCUT2D eigenvalue weighted by Crippen LogP contribution is -2.50. The summed E-state index contributed by atoms with van der Waals surface area (Å²) in [6.07, 6.45) is 8.22. The molecule has 20 heavy (non-hydrogen) atoms. The number of hydrogen-bond donors (Lipinski definition) is 1. The van der Waals surface area contributed by atoms with E-state index >= 15 is 0 Å². The lowest BCUT2D eigenvalue weighted by molar-refractivity contribution is -0.0807. The molecule has 1 N–H and O–H groups in total. The molecule has 0 radical (unpaired) electrons. The van der Waals surface area contributed by atoms with Crippen LogP contribution >= 0.6 is 0 Å². The largest absolute Gasteiger partial charge is 0.477 e. The minimum absolute atomic E-state index is 0.177. The predicted molar refractivity (Wildman–Crippen MR) is 72.7 cm³/mol. The average molecular weight is 273 g/mol. The van der Waals surface area contributed by atoms with Gasteiger partial charge in [-0.05, 0) is 67.9 Å². The van der Waals surface area contributed by atoms with E-state index in [1.165, 1.54) is 32.1 Å². The summed E-state index contributed by atoms with van der Waals surface area (Å²) in [7, 11) is 0. The van der Waals surface area contributed by atoms with Crippen LogP contribution in [0.3, 0.4) is 0 Å². The third kappa shape index (κ3) is 1.89. The van der Waals surface area contributed by atoms with Crippen molar-refractivity contribution in [2.75, 3.05) is 0 Å². The number of aromatic carboxylic acids is 1. The van der Waals surface area contributed by atoms with E-state index in [1.54, 1.807) is 18.3 Å². The highest BCUT2D eigenvalue weighted by molar-refractivity contribution is 5.90. The van der Waals surface area contributed by atoms with Gasteiger partial charge in [0.05, 0.1) is 0 Å². The van der Waals surface area contributed by atoms with Crippen LogP contribution in [-0.2, 0) is 0 Å². The van der Waals surface area contributed by atoms with Crippen LogP contribution in [-0.4, -0.2) is 22.2 Å². The Morgan fingerprint density at radius 2 is 1.80 bits per heavy atom. The highest BCUT2D eigenvalue weighted by Crippen LogP contribution is 2.54. The van der Waals surface area contributed by atoms with Gasteiger partial charge < -0.3 is 9.84 Å². The van der Waals surface area contributed by atoms with Crippen LogP contribution in [0.25, 0.3) is 0 Å². The third-order valence-electron chi connectivity index (χ3n) is 5.39. The van der Waals surface area contributed by atoms with Gasteiger partial charge in [-0.2, -0.15) is 0 Å². The molecule has 106 valence electrons. The summed E-state index contributed by atoms with van der Waals surface area (Å²) in [6, 6.07) is 3.22. The average Bonchev–Trinajstić information content (AvgIpc) is 2.42. The molecule has 4 fully saturated rings. The molecule has 0 aliphatic heterocycles. The fourth-order valence-corrected chi connectivity index (χ4v) is 4.84. The van der Waals surface area contributed by atoms with Gasteiger partial charge in [0.25, 0.3) is 0 Å². The van der Waals surface area contributed by atoms with Crippen LogP contribution in [0.5, 0.6) is 5.88 Å². The van der Waals surface area contributed by atoms with Crippen LogP contribution in [0.1, 0.15) is 42.5 Å². The number of carbonyl (C=O) groups is 1. The molecule has 0 amide bonds. The number of rotatable bonds is 3. The van der Waals surface area contributed by atoms with Gasteiger partial charge in [-0.3, -0.25) is 0 Å². The number of aromatic nitrogens is 1. The molecule has 1 aromatic rings. The zero-order chi connectivity index (χ0) is 13.7. The number of nitrogens with zero attached hydrogens (tertiary/aromatic N) is 1. The normalized spacial score (nSPS) is 37.9. The monoisotopic (exact) mass is 273 g/mol. The molecular formula is C16H19NO3. The summed E-state index contributed by atoms with van der Waals surface area (Å²) in [5, 5.41) is 9.23. The fraction of sp³-hybridized carbons (Fsp3) is 0.625. The first-order valence-electron chi connectivity index (χ1n) is 7.55. The number of hydrogen-bond acceptors (Lipinski definition) is 3. The molecule has 1 aromatic heterocycles. The minimum atomic E-state index is -0.961. The quantitative estimate of drug-likeness (QED) is 0.919. The molecule has 4 saturated carbocycles. The smallest absolute Gasteiger partial charge is 0.341 e. The van der Waals surface area contributed by atoms with Crippen LogP contribution in [0.4, 0.5) is 0 Å². The molecule has 5 rings (SSSR count). The second-order valence-corrected chi connectivity index (χ2v) is 6.67. The Balaban J connectivity index is 1.59. The Bertz CT molecular complexity index is 514. The second-order valence-electron chi connectivity index (χ2n) is 6.67. The standard InChI is InChI=1S/C16H19NO3/c18-16(19)13-2-1-3-17-15(13)20-14-11-5-9-4-10(7-11)8-12(14)6-9/h1-3,9-12,14H,4-8H2,(H,18,19). The Kier molecular flexibility index (Phi) is 2.72. The predicted octanol–water partition coefficient (Wildman–Crippen LogP) is 2.98. The van der Waals surface area contributed by atoms with Crippen molar-refractivity contribution < 1.29 is 14.6 Å². The Labute approximate surface area is 118 Å². The zero-order valence-electron chi connectivity index (χ0n) is 11.4. The van der Waals surface area contributed by atoms with Crippen LogP contribution < -0.4 is 4.74 Å². The van der Waals surface area contributed by atoms with Gasteiger partial charge in [0, 0.05) is 6.20 Å². The van der Waals surface area contributed by atoms with Gasteiger partial charge in [-0.1, -0.05) is 0 Å². The van der Waals surface area contributed by atoms with Gasteiger partial charge in [-0.25, -0.2) is 9.78 Å². The molecule has 1 heterocycles. The van der Waals surface area contributed by atoms with E-state index in [4.69, 9.17) is 4.74 Å². The molecule has 4 nitrogen and oxygen atoms in total. The maximum absolute atomic E-state index is 11.2. The second kappa shape index (κ2) is 4.47. The lowest BCUT2D eigenvalue weighted by Gasteiger charge is -2.53. The number of pyridine rings is 1. The molecule has 0 spiro atoms. The fourth-order valence-electron chi connectivity index (χ4n) is 4.84. The Morgan fingerprint density at radius 1 is 1.15 bits per heavy atom. The van der Waals surface area contributed by atoms with Gasteiger partial charge in [0.1, 0.15) is 11.7 Å². The van der Waals surface area contributed by atoms with Crippen molar-refractivity contribution in [2.45, 2.75) is 38.2 Å². The van der Waals surface area contributed by atoms with Crippen LogP contribution in [0, 0.1) is 23.7 Å². The highest BCUT2D eigenvalue weighted by Gasteiger charge is 2.49. The highest BCUT2D eigenvalue weighted by atomic mass is 16.5. The lowest BCUT2D eigenvalue weighted by atomic mass is 9.55. The van der Waals surface area contributed by atoms with Crippen molar-refractivity contribution in [1.29, 1.82) is 0 Å². The molecule has 4 heteroatoms. The maximum atomic E-state index is 11.2. The summed E-state index contributed by atoms with van der Waals surface area (Å²) in [4.78, 5) is 15.4. The van der Waals surface area contributed by atoms with Crippen molar-refractivity contribution in [1.82, 2.24) is 4.98 Å². The van der Waals surface area contributed by atoms with E-state index in [2.05, 4.69) is 4.98 Å². The summed E-state index contributed by atoms with van der Waals surface area (Å²) in [5.74, 6) is 2.33. The van der Waals surface area contributed by atoms with Gasteiger partial charge in [0.15, 0.2) is 0 Å². The first kappa shape index (κ1) is 12.2.